The third kappa shape index (κ3) is 3.78. The number of amides is 1. The van der Waals surface area contributed by atoms with Crippen molar-refractivity contribution in [1.82, 2.24) is 19.9 Å². The molecule has 0 aliphatic carbocycles. The first-order valence-corrected chi connectivity index (χ1v) is 10.5. The largest absolute Gasteiger partial charge is 0.361 e. The summed E-state index contributed by atoms with van der Waals surface area (Å²) in [5.74, 6) is -0.257. The number of carbonyl (C=O) groups is 1. The second-order valence-corrected chi connectivity index (χ2v) is 7.75. The maximum atomic E-state index is 12.8. The third-order valence-corrected chi connectivity index (χ3v) is 5.75. The monoisotopic (exact) mass is 422 g/mol. The molecule has 0 aliphatic rings. The Morgan fingerprint density at radius 1 is 0.938 bits per heavy atom. The van der Waals surface area contributed by atoms with Crippen molar-refractivity contribution < 1.29 is 4.79 Å². The molecular formula is C26H22N4O2. The highest BCUT2D eigenvalue weighted by molar-refractivity contribution is 5.84. The molecule has 6 nitrogen and oxygen atoms in total. The smallest absolute Gasteiger partial charge is 0.261 e. The Hall–Kier alpha value is -4.19. The number of hydrogen-bond donors (Lipinski definition) is 2. The van der Waals surface area contributed by atoms with Crippen molar-refractivity contribution in [1.29, 1.82) is 0 Å². The molecule has 6 heteroatoms. The molecule has 2 heterocycles. The van der Waals surface area contributed by atoms with Crippen LogP contribution >= 0.6 is 0 Å². The number of rotatable bonds is 6. The molecule has 3 aromatic carbocycles. The summed E-state index contributed by atoms with van der Waals surface area (Å²) in [6.45, 7) is 0.340. The first-order chi connectivity index (χ1) is 15.7. The Labute approximate surface area is 184 Å². The zero-order valence-electron chi connectivity index (χ0n) is 17.4. The first-order valence-electron chi connectivity index (χ1n) is 10.5. The van der Waals surface area contributed by atoms with E-state index in [-0.39, 0.29) is 23.9 Å². The quantitative estimate of drug-likeness (QED) is 0.437. The lowest BCUT2D eigenvalue weighted by molar-refractivity contribution is -0.121. The zero-order chi connectivity index (χ0) is 21.9. The molecule has 0 saturated heterocycles. The Balaban J connectivity index is 1.39. The van der Waals surface area contributed by atoms with Gasteiger partial charge in [0.2, 0.25) is 5.91 Å². The van der Waals surface area contributed by atoms with Crippen molar-refractivity contribution in [3.63, 3.8) is 0 Å². The van der Waals surface area contributed by atoms with Gasteiger partial charge in [-0.3, -0.25) is 14.2 Å². The third-order valence-electron chi connectivity index (χ3n) is 5.75. The molecule has 158 valence electrons. The van der Waals surface area contributed by atoms with Crippen molar-refractivity contribution >= 4 is 27.7 Å². The Bertz CT molecular complexity index is 1450. The van der Waals surface area contributed by atoms with Gasteiger partial charge in [-0.2, -0.15) is 0 Å². The van der Waals surface area contributed by atoms with Crippen molar-refractivity contribution in [2.75, 3.05) is 6.54 Å². The molecule has 1 atom stereocenters. The van der Waals surface area contributed by atoms with Crippen LogP contribution in [0.5, 0.6) is 0 Å². The summed E-state index contributed by atoms with van der Waals surface area (Å²) in [5, 5.41) is 4.65. The van der Waals surface area contributed by atoms with E-state index in [1.54, 1.807) is 18.2 Å². The molecule has 1 amide bonds. The fourth-order valence-electron chi connectivity index (χ4n) is 4.12. The number of fused-ring (bicyclic) bond motifs is 2. The maximum Gasteiger partial charge on any atom is 0.261 e. The van der Waals surface area contributed by atoms with Crippen LogP contribution in [0, 0.1) is 0 Å². The molecule has 5 aromatic rings. The molecule has 0 spiro atoms. The minimum absolute atomic E-state index is 0.0252. The number of benzene rings is 3. The van der Waals surface area contributed by atoms with Gasteiger partial charge in [-0.15, -0.1) is 0 Å². The molecule has 0 radical (unpaired) electrons. The highest BCUT2D eigenvalue weighted by atomic mass is 16.2. The Morgan fingerprint density at radius 3 is 2.50 bits per heavy atom. The van der Waals surface area contributed by atoms with Crippen LogP contribution in [0.25, 0.3) is 21.8 Å². The minimum Gasteiger partial charge on any atom is -0.361 e. The second-order valence-electron chi connectivity index (χ2n) is 7.75. The lowest BCUT2D eigenvalue weighted by atomic mass is 9.91. The predicted octanol–water partition coefficient (Wildman–Crippen LogP) is 3.83. The summed E-state index contributed by atoms with van der Waals surface area (Å²) < 4.78 is 1.35. The summed E-state index contributed by atoms with van der Waals surface area (Å²) in [6, 6.07) is 25.4. The molecule has 2 aromatic heterocycles. The first kappa shape index (κ1) is 19.8. The second kappa shape index (κ2) is 8.51. The summed E-state index contributed by atoms with van der Waals surface area (Å²) >= 11 is 0. The topological polar surface area (TPSA) is 79.8 Å². The lowest BCUT2D eigenvalue weighted by Crippen LogP contribution is -2.35. The van der Waals surface area contributed by atoms with Gasteiger partial charge in [0, 0.05) is 29.6 Å². The number of hydrogen-bond acceptors (Lipinski definition) is 3. The van der Waals surface area contributed by atoms with Crippen molar-refractivity contribution in [2.24, 2.45) is 0 Å². The van der Waals surface area contributed by atoms with E-state index >= 15 is 0 Å². The van der Waals surface area contributed by atoms with Gasteiger partial charge in [0.05, 0.1) is 17.2 Å². The number of nitrogens with zero attached hydrogens (tertiary/aromatic N) is 2. The van der Waals surface area contributed by atoms with Gasteiger partial charge < -0.3 is 10.3 Å². The van der Waals surface area contributed by atoms with Gasteiger partial charge in [-0.25, -0.2) is 4.98 Å². The van der Waals surface area contributed by atoms with Crippen molar-refractivity contribution in [2.45, 2.75) is 12.5 Å². The standard InChI is InChI=1S/C26H22N4O2/c31-25(16-30-17-29-24-13-7-5-11-20(24)26(30)32)28-14-21(18-8-2-1-3-9-18)22-15-27-23-12-6-4-10-19(22)23/h1-13,15,17,21,27H,14,16H2,(H,28,31)/t21-/m1/s1. The van der Waals surface area contributed by atoms with Crippen molar-refractivity contribution in [3.8, 4) is 0 Å². The normalized spacial score (nSPS) is 12.1. The number of carbonyl (C=O) groups excluding carboxylic acids is 1. The van der Waals surface area contributed by atoms with Gasteiger partial charge >= 0.3 is 0 Å². The SMILES string of the molecule is O=C(Cn1cnc2ccccc2c1=O)NC[C@H](c1ccccc1)c1c[nH]c2ccccc12. The Morgan fingerprint density at radius 2 is 1.66 bits per heavy atom. The molecule has 0 unspecified atom stereocenters. The predicted molar refractivity (Wildman–Crippen MR) is 126 cm³/mol. The molecule has 2 N–H and O–H groups in total. The summed E-state index contributed by atoms with van der Waals surface area (Å²) in [6.07, 6.45) is 3.44. The molecule has 32 heavy (non-hydrogen) atoms. The van der Waals surface area contributed by atoms with Gasteiger partial charge in [0.15, 0.2) is 0 Å². The van der Waals surface area contributed by atoms with E-state index in [4.69, 9.17) is 0 Å². The van der Waals surface area contributed by atoms with Gasteiger partial charge in [-0.1, -0.05) is 60.7 Å². The van der Waals surface area contributed by atoms with Crippen LogP contribution < -0.4 is 10.9 Å². The maximum absolute atomic E-state index is 12.8. The molecular weight excluding hydrogens is 400 g/mol. The minimum atomic E-state index is -0.232. The lowest BCUT2D eigenvalue weighted by Gasteiger charge is -2.18. The van der Waals surface area contributed by atoms with Gasteiger partial charge in [-0.05, 0) is 29.3 Å². The summed E-state index contributed by atoms with van der Waals surface area (Å²) in [5.41, 5.74) is 3.70. The number of H-pyrrole nitrogens is 1. The van der Waals surface area contributed by atoms with Gasteiger partial charge in [0.1, 0.15) is 6.54 Å². The van der Waals surface area contributed by atoms with E-state index in [1.807, 2.05) is 48.7 Å². The fraction of sp³-hybridized carbons (Fsp3) is 0.115. The van der Waals surface area contributed by atoms with Gasteiger partial charge in [0.25, 0.3) is 5.56 Å². The fourth-order valence-corrected chi connectivity index (χ4v) is 4.12. The van der Waals surface area contributed by atoms with E-state index in [0.717, 1.165) is 22.0 Å². The van der Waals surface area contributed by atoms with Crippen LogP contribution in [-0.4, -0.2) is 27.0 Å². The number of aromatic nitrogens is 3. The molecule has 0 saturated carbocycles. The summed E-state index contributed by atoms with van der Waals surface area (Å²) in [4.78, 5) is 33.1. The van der Waals surface area contributed by atoms with E-state index in [0.29, 0.717) is 17.4 Å². The van der Waals surface area contributed by atoms with E-state index in [9.17, 15) is 9.59 Å². The number of nitrogens with one attached hydrogen (secondary N) is 2. The van der Waals surface area contributed by atoms with Crippen LogP contribution in [0.15, 0.2) is 96.2 Å². The molecule has 0 fully saturated rings. The summed E-state index contributed by atoms with van der Waals surface area (Å²) in [7, 11) is 0. The zero-order valence-corrected chi connectivity index (χ0v) is 17.4. The molecule has 0 aliphatic heterocycles. The van der Waals surface area contributed by atoms with E-state index in [1.165, 1.54) is 10.9 Å². The van der Waals surface area contributed by atoms with Crippen LogP contribution in [0.3, 0.4) is 0 Å². The van der Waals surface area contributed by atoms with Crippen LogP contribution in [0.4, 0.5) is 0 Å². The average Bonchev–Trinajstić information content (AvgIpc) is 3.26. The number of aromatic amines is 1. The average molecular weight is 422 g/mol. The Kier molecular flexibility index (Phi) is 5.25. The van der Waals surface area contributed by atoms with Crippen LogP contribution in [-0.2, 0) is 11.3 Å². The van der Waals surface area contributed by atoms with E-state index in [2.05, 4.69) is 33.5 Å². The highest BCUT2D eigenvalue weighted by Gasteiger charge is 2.19. The van der Waals surface area contributed by atoms with Crippen LogP contribution in [0.2, 0.25) is 0 Å². The number of para-hydroxylation sites is 2. The van der Waals surface area contributed by atoms with E-state index < -0.39 is 0 Å². The van der Waals surface area contributed by atoms with Crippen LogP contribution in [0.1, 0.15) is 17.0 Å². The molecule has 5 rings (SSSR count). The van der Waals surface area contributed by atoms with Crippen molar-refractivity contribution in [3.05, 3.63) is 113 Å². The molecule has 0 bridgehead atoms. The highest BCUT2D eigenvalue weighted by Crippen LogP contribution is 2.30.